The lowest BCUT2D eigenvalue weighted by molar-refractivity contribution is -0.0629. The number of benzene rings is 1. The molecule has 1 heterocycles. The van der Waals surface area contributed by atoms with E-state index in [4.69, 9.17) is 0 Å². The van der Waals surface area contributed by atoms with Gasteiger partial charge in [0.25, 0.3) is 5.91 Å². The van der Waals surface area contributed by atoms with Gasteiger partial charge in [0.05, 0.1) is 4.90 Å². The number of hydrogen-bond acceptors (Lipinski definition) is 3. The van der Waals surface area contributed by atoms with E-state index in [9.17, 15) is 13.2 Å². The average molecular weight is 417 g/mol. The topological polar surface area (TPSA) is 57.7 Å². The van der Waals surface area contributed by atoms with Gasteiger partial charge < -0.3 is 4.90 Å². The SMILES string of the molecule is CN(CC12CC3CC(CC(C3)C1)C2)C(=O)c1cccc(S(=O)(=O)N2CCCC2)c1. The highest BCUT2D eigenvalue weighted by Gasteiger charge is 2.51. The Morgan fingerprint density at radius 1 is 1.07 bits per heavy atom. The summed E-state index contributed by atoms with van der Waals surface area (Å²) in [7, 11) is -1.61. The fourth-order valence-corrected chi connectivity index (χ4v) is 8.71. The molecule has 0 aromatic heterocycles. The third kappa shape index (κ3) is 3.52. The largest absolute Gasteiger partial charge is 0.341 e. The second kappa shape index (κ2) is 7.09. The van der Waals surface area contributed by atoms with Crippen LogP contribution in [0.5, 0.6) is 0 Å². The summed E-state index contributed by atoms with van der Waals surface area (Å²) in [6.07, 6.45) is 9.80. The fraction of sp³-hybridized carbons (Fsp3) is 0.696. The number of hydrogen-bond donors (Lipinski definition) is 0. The molecule has 4 saturated carbocycles. The lowest BCUT2D eigenvalue weighted by Gasteiger charge is -2.57. The van der Waals surface area contributed by atoms with Crippen LogP contribution in [0.15, 0.2) is 29.2 Å². The standard InChI is InChI=1S/C23H32N2O3S/c1-24(16-23-13-17-9-18(14-23)11-19(10-17)15-23)22(26)20-5-4-6-21(12-20)29(27,28)25-7-2-3-8-25/h4-6,12,17-19H,2-3,7-11,13-16H2,1H3. The second-order valence-corrected chi connectivity index (χ2v) is 12.2. The van der Waals surface area contributed by atoms with E-state index in [0.717, 1.165) is 37.1 Å². The van der Waals surface area contributed by atoms with Crippen LogP contribution in [-0.2, 0) is 10.0 Å². The van der Waals surface area contributed by atoms with Gasteiger partial charge in [-0.3, -0.25) is 4.79 Å². The Hall–Kier alpha value is -1.40. The molecule has 5 fully saturated rings. The van der Waals surface area contributed by atoms with E-state index in [1.54, 1.807) is 24.3 Å². The predicted molar refractivity (Wildman–Crippen MR) is 112 cm³/mol. The quantitative estimate of drug-likeness (QED) is 0.734. The maximum atomic E-state index is 13.2. The van der Waals surface area contributed by atoms with Crippen molar-refractivity contribution in [2.45, 2.75) is 56.3 Å². The zero-order chi connectivity index (χ0) is 20.2. The average Bonchev–Trinajstić information content (AvgIpc) is 3.21. The van der Waals surface area contributed by atoms with Crippen LogP contribution in [0.25, 0.3) is 0 Å². The molecule has 0 atom stereocenters. The van der Waals surface area contributed by atoms with Gasteiger partial charge in [0.15, 0.2) is 0 Å². The Morgan fingerprint density at radius 2 is 1.66 bits per heavy atom. The van der Waals surface area contributed by atoms with E-state index < -0.39 is 10.0 Å². The van der Waals surface area contributed by atoms with Gasteiger partial charge in [-0.15, -0.1) is 0 Å². The summed E-state index contributed by atoms with van der Waals surface area (Å²) >= 11 is 0. The summed E-state index contributed by atoms with van der Waals surface area (Å²) in [5, 5.41) is 0. The molecular formula is C23H32N2O3S. The molecule has 5 nitrogen and oxygen atoms in total. The van der Waals surface area contributed by atoms with Crippen molar-refractivity contribution < 1.29 is 13.2 Å². The Balaban J connectivity index is 1.33. The first kappa shape index (κ1) is 19.6. The molecule has 6 heteroatoms. The summed E-state index contributed by atoms with van der Waals surface area (Å²) in [5.74, 6) is 2.52. The number of nitrogens with zero attached hydrogens (tertiary/aromatic N) is 2. The highest BCUT2D eigenvalue weighted by atomic mass is 32.2. The third-order valence-electron chi connectivity index (χ3n) is 7.87. The van der Waals surface area contributed by atoms with Crippen LogP contribution in [-0.4, -0.2) is 50.2 Å². The smallest absolute Gasteiger partial charge is 0.253 e. The normalized spacial score (nSPS) is 33.9. The second-order valence-electron chi connectivity index (χ2n) is 10.2. The van der Waals surface area contributed by atoms with E-state index in [0.29, 0.717) is 24.1 Å². The van der Waals surface area contributed by atoms with Crippen molar-refractivity contribution in [3.63, 3.8) is 0 Å². The number of rotatable bonds is 5. The van der Waals surface area contributed by atoms with E-state index >= 15 is 0 Å². The molecule has 1 amide bonds. The van der Waals surface area contributed by atoms with Gasteiger partial charge >= 0.3 is 0 Å². The lowest BCUT2D eigenvalue weighted by Crippen LogP contribution is -2.51. The molecule has 1 aromatic carbocycles. The summed E-state index contributed by atoms with van der Waals surface area (Å²) in [6.45, 7) is 1.96. The lowest BCUT2D eigenvalue weighted by atomic mass is 9.49. The van der Waals surface area contributed by atoms with Crippen molar-refractivity contribution in [3.05, 3.63) is 29.8 Å². The molecule has 158 valence electrons. The molecule has 0 unspecified atom stereocenters. The highest BCUT2D eigenvalue weighted by Crippen LogP contribution is 2.60. The van der Waals surface area contributed by atoms with Crippen molar-refractivity contribution in [1.82, 2.24) is 9.21 Å². The van der Waals surface area contributed by atoms with Gasteiger partial charge in [0.2, 0.25) is 10.0 Å². The predicted octanol–water partition coefficient (Wildman–Crippen LogP) is 3.76. The van der Waals surface area contributed by atoms with E-state index in [1.165, 1.54) is 42.8 Å². The van der Waals surface area contributed by atoms with Crippen LogP contribution in [0, 0.1) is 23.2 Å². The van der Waals surface area contributed by atoms with Crippen LogP contribution in [0.1, 0.15) is 61.7 Å². The summed E-state index contributed by atoms with van der Waals surface area (Å²) in [4.78, 5) is 15.3. The maximum absolute atomic E-state index is 13.2. The highest BCUT2D eigenvalue weighted by molar-refractivity contribution is 7.89. The van der Waals surface area contributed by atoms with Crippen molar-refractivity contribution in [3.8, 4) is 0 Å². The molecule has 1 aromatic rings. The Labute approximate surface area is 174 Å². The van der Waals surface area contributed by atoms with Crippen molar-refractivity contribution in [2.24, 2.45) is 23.2 Å². The van der Waals surface area contributed by atoms with Gasteiger partial charge in [-0.2, -0.15) is 4.31 Å². The van der Waals surface area contributed by atoms with Crippen molar-refractivity contribution >= 4 is 15.9 Å². The Kier molecular flexibility index (Phi) is 4.78. The first-order valence-corrected chi connectivity index (χ1v) is 12.6. The fourth-order valence-electron chi connectivity index (χ4n) is 7.15. The molecule has 1 saturated heterocycles. The third-order valence-corrected chi connectivity index (χ3v) is 9.76. The minimum Gasteiger partial charge on any atom is -0.341 e. The summed E-state index contributed by atoms with van der Waals surface area (Å²) < 4.78 is 27.3. The van der Waals surface area contributed by atoms with Crippen LogP contribution in [0.3, 0.4) is 0 Å². The minimum absolute atomic E-state index is 0.0563. The minimum atomic E-state index is -3.50. The molecule has 4 aliphatic carbocycles. The molecule has 5 aliphatic rings. The number of sulfonamides is 1. The molecule has 0 spiro atoms. The van der Waals surface area contributed by atoms with E-state index in [-0.39, 0.29) is 10.8 Å². The van der Waals surface area contributed by atoms with Gasteiger partial charge in [0.1, 0.15) is 0 Å². The maximum Gasteiger partial charge on any atom is 0.253 e. The monoisotopic (exact) mass is 416 g/mol. The first-order chi connectivity index (χ1) is 13.8. The number of amides is 1. The van der Waals surface area contributed by atoms with Gasteiger partial charge in [0, 0.05) is 32.2 Å². The van der Waals surface area contributed by atoms with Gasteiger partial charge in [-0.05, 0) is 92.7 Å². The molecule has 0 radical (unpaired) electrons. The van der Waals surface area contributed by atoms with Gasteiger partial charge in [-0.25, -0.2) is 8.42 Å². The van der Waals surface area contributed by atoms with Crippen molar-refractivity contribution in [2.75, 3.05) is 26.7 Å². The Morgan fingerprint density at radius 3 is 2.24 bits per heavy atom. The van der Waals surface area contributed by atoms with Crippen LogP contribution in [0.4, 0.5) is 0 Å². The Bertz CT molecular complexity index is 869. The molecular weight excluding hydrogens is 384 g/mol. The first-order valence-electron chi connectivity index (χ1n) is 11.2. The summed E-state index contributed by atoms with van der Waals surface area (Å²) in [6, 6.07) is 6.64. The van der Waals surface area contributed by atoms with Crippen LogP contribution >= 0.6 is 0 Å². The zero-order valence-corrected chi connectivity index (χ0v) is 18.2. The molecule has 4 bridgehead atoms. The molecule has 29 heavy (non-hydrogen) atoms. The van der Waals surface area contributed by atoms with Crippen LogP contribution in [0.2, 0.25) is 0 Å². The molecule has 0 N–H and O–H groups in total. The van der Waals surface area contributed by atoms with E-state index in [2.05, 4.69) is 0 Å². The van der Waals surface area contributed by atoms with Crippen molar-refractivity contribution in [1.29, 1.82) is 0 Å². The van der Waals surface area contributed by atoms with Crippen LogP contribution < -0.4 is 0 Å². The number of carbonyl (C=O) groups is 1. The molecule has 6 rings (SSSR count). The summed E-state index contributed by atoms with van der Waals surface area (Å²) in [5.41, 5.74) is 0.774. The zero-order valence-electron chi connectivity index (χ0n) is 17.3. The van der Waals surface area contributed by atoms with Gasteiger partial charge in [-0.1, -0.05) is 6.07 Å². The van der Waals surface area contributed by atoms with E-state index in [1.807, 2.05) is 11.9 Å². The molecule has 1 aliphatic heterocycles. The number of carbonyl (C=O) groups excluding carboxylic acids is 1.